The van der Waals surface area contributed by atoms with Crippen LogP contribution in [0.1, 0.15) is 24.8 Å². The van der Waals surface area contributed by atoms with Gasteiger partial charge in [-0.05, 0) is 55.8 Å². The number of aliphatic hydroxyl groups excluding tert-OH is 1. The molecule has 3 N–H and O–H groups in total. The van der Waals surface area contributed by atoms with E-state index < -0.39 is 10.0 Å². The van der Waals surface area contributed by atoms with E-state index in [1.54, 1.807) is 16.4 Å². The van der Waals surface area contributed by atoms with Gasteiger partial charge in [0, 0.05) is 19.7 Å². The highest BCUT2D eigenvalue weighted by Crippen LogP contribution is 2.25. The monoisotopic (exact) mass is 312 g/mol. The van der Waals surface area contributed by atoms with Crippen molar-refractivity contribution in [1.82, 2.24) is 4.31 Å². The zero-order valence-corrected chi connectivity index (χ0v) is 13.1. The summed E-state index contributed by atoms with van der Waals surface area (Å²) in [5, 5.41) is 9.03. The fourth-order valence-electron chi connectivity index (χ4n) is 2.81. The molecule has 118 valence electrons. The Hall–Kier alpha value is -0.950. The molecule has 0 radical (unpaired) electrons. The molecule has 0 aromatic heterocycles. The van der Waals surface area contributed by atoms with Crippen molar-refractivity contribution < 1.29 is 13.5 Å². The first-order chi connectivity index (χ1) is 10.1. The van der Waals surface area contributed by atoms with Gasteiger partial charge in [0.25, 0.3) is 0 Å². The first-order valence-electron chi connectivity index (χ1n) is 7.48. The molecule has 1 aliphatic heterocycles. The number of hydrogen-bond donors (Lipinski definition) is 2. The van der Waals surface area contributed by atoms with Crippen LogP contribution in [0.2, 0.25) is 0 Å². The van der Waals surface area contributed by atoms with Gasteiger partial charge in [0.05, 0.1) is 4.90 Å². The maximum atomic E-state index is 12.6. The fraction of sp³-hybridized carbons (Fsp3) is 0.600. The molecule has 0 amide bonds. The van der Waals surface area contributed by atoms with E-state index in [0.29, 0.717) is 31.0 Å². The zero-order valence-electron chi connectivity index (χ0n) is 12.2. The number of nitrogens with zero attached hydrogens (tertiary/aromatic N) is 1. The lowest BCUT2D eigenvalue weighted by molar-refractivity contribution is 0.203. The van der Waals surface area contributed by atoms with E-state index in [1.165, 1.54) is 0 Å². The van der Waals surface area contributed by atoms with Crippen molar-refractivity contribution in [1.29, 1.82) is 0 Å². The lowest BCUT2D eigenvalue weighted by atomic mass is 9.97. The second-order valence-corrected chi connectivity index (χ2v) is 7.50. The first kappa shape index (κ1) is 16.4. The van der Waals surface area contributed by atoms with Crippen molar-refractivity contribution in [2.75, 3.05) is 26.2 Å². The van der Waals surface area contributed by atoms with E-state index in [2.05, 4.69) is 0 Å². The van der Waals surface area contributed by atoms with E-state index >= 15 is 0 Å². The SMILES string of the molecule is NCCc1ccc(S(=O)(=O)N2CCCC(CCO)C2)cc1. The van der Waals surface area contributed by atoms with Crippen molar-refractivity contribution in [3.05, 3.63) is 29.8 Å². The molecular formula is C15H24N2O3S. The predicted octanol–water partition coefficient (Wildman–Crippen LogP) is 0.971. The smallest absolute Gasteiger partial charge is 0.243 e. The number of rotatable bonds is 6. The van der Waals surface area contributed by atoms with Crippen LogP contribution in [0.3, 0.4) is 0 Å². The summed E-state index contributed by atoms with van der Waals surface area (Å²) in [5.41, 5.74) is 6.55. The number of sulfonamides is 1. The summed E-state index contributed by atoms with van der Waals surface area (Å²) in [7, 11) is -3.42. The van der Waals surface area contributed by atoms with Crippen LogP contribution in [0.5, 0.6) is 0 Å². The van der Waals surface area contributed by atoms with Gasteiger partial charge in [-0.1, -0.05) is 12.1 Å². The largest absolute Gasteiger partial charge is 0.396 e. The summed E-state index contributed by atoms with van der Waals surface area (Å²) < 4.78 is 26.8. The third-order valence-corrected chi connectivity index (χ3v) is 5.89. The standard InChI is InChI=1S/C15H24N2O3S/c16-9-7-13-3-5-15(6-4-13)21(19,20)17-10-1-2-14(12-17)8-11-18/h3-6,14,18H,1-2,7-12,16H2. The third-order valence-electron chi connectivity index (χ3n) is 4.01. The number of hydrogen-bond acceptors (Lipinski definition) is 4. The lowest BCUT2D eigenvalue weighted by Gasteiger charge is -2.31. The van der Waals surface area contributed by atoms with Crippen molar-refractivity contribution in [3.63, 3.8) is 0 Å². The molecule has 0 aliphatic carbocycles. The van der Waals surface area contributed by atoms with Gasteiger partial charge in [-0.3, -0.25) is 0 Å². The zero-order chi connectivity index (χ0) is 15.3. The van der Waals surface area contributed by atoms with Crippen LogP contribution < -0.4 is 5.73 Å². The Morgan fingerprint density at radius 3 is 2.62 bits per heavy atom. The summed E-state index contributed by atoms with van der Waals surface area (Å²) in [6.07, 6.45) is 3.27. The molecule has 0 spiro atoms. The van der Waals surface area contributed by atoms with Gasteiger partial charge < -0.3 is 10.8 Å². The lowest BCUT2D eigenvalue weighted by Crippen LogP contribution is -2.40. The molecule has 1 aromatic rings. The van der Waals surface area contributed by atoms with E-state index in [0.717, 1.165) is 24.8 Å². The van der Waals surface area contributed by atoms with Crippen LogP contribution in [0.15, 0.2) is 29.2 Å². The van der Waals surface area contributed by atoms with Crippen LogP contribution in [-0.2, 0) is 16.4 Å². The van der Waals surface area contributed by atoms with Crippen LogP contribution >= 0.6 is 0 Å². The molecule has 1 aliphatic rings. The maximum Gasteiger partial charge on any atom is 0.243 e. The van der Waals surface area contributed by atoms with Gasteiger partial charge in [0.15, 0.2) is 0 Å². The second kappa shape index (κ2) is 7.35. The molecule has 5 nitrogen and oxygen atoms in total. The number of piperidine rings is 1. The van der Waals surface area contributed by atoms with Crippen LogP contribution in [0.25, 0.3) is 0 Å². The molecule has 1 aromatic carbocycles. The average Bonchev–Trinajstić information content (AvgIpc) is 2.49. The normalized spacial score (nSPS) is 20.6. The first-order valence-corrected chi connectivity index (χ1v) is 8.92. The highest BCUT2D eigenvalue weighted by atomic mass is 32.2. The maximum absolute atomic E-state index is 12.6. The molecule has 21 heavy (non-hydrogen) atoms. The number of nitrogens with two attached hydrogens (primary N) is 1. The van der Waals surface area contributed by atoms with Gasteiger partial charge in [-0.25, -0.2) is 8.42 Å². The van der Waals surface area contributed by atoms with Gasteiger partial charge in [0.1, 0.15) is 0 Å². The third kappa shape index (κ3) is 4.03. The minimum absolute atomic E-state index is 0.117. The van der Waals surface area contributed by atoms with E-state index in [1.807, 2.05) is 12.1 Å². The van der Waals surface area contributed by atoms with Crippen molar-refractivity contribution in [2.24, 2.45) is 11.7 Å². The Kier molecular flexibility index (Phi) is 5.75. The quantitative estimate of drug-likeness (QED) is 0.820. The van der Waals surface area contributed by atoms with Crippen LogP contribution in [-0.4, -0.2) is 44.1 Å². The van der Waals surface area contributed by atoms with Gasteiger partial charge in [0.2, 0.25) is 10.0 Å². The van der Waals surface area contributed by atoms with Crippen molar-refractivity contribution in [2.45, 2.75) is 30.6 Å². The predicted molar refractivity (Wildman–Crippen MR) is 82.4 cm³/mol. The highest BCUT2D eigenvalue weighted by Gasteiger charge is 2.29. The van der Waals surface area contributed by atoms with E-state index in [-0.39, 0.29) is 12.5 Å². The number of aliphatic hydroxyl groups is 1. The van der Waals surface area contributed by atoms with Crippen molar-refractivity contribution in [3.8, 4) is 0 Å². The summed E-state index contributed by atoms with van der Waals surface area (Å²) in [6.45, 7) is 1.75. The second-order valence-electron chi connectivity index (χ2n) is 5.57. The highest BCUT2D eigenvalue weighted by molar-refractivity contribution is 7.89. The Balaban J connectivity index is 2.13. The van der Waals surface area contributed by atoms with Crippen LogP contribution in [0, 0.1) is 5.92 Å². The summed E-state index contributed by atoms with van der Waals surface area (Å²) >= 11 is 0. The summed E-state index contributed by atoms with van der Waals surface area (Å²) in [5.74, 6) is 0.259. The Bertz CT molecular complexity index is 541. The molecule has 1 unspecified atom stereocenters. The summed E-state index contributed by atoms with van der Waals surface area (Å²) in [4.78, 5) is 0.341. The average molecular weight is 312 g/mol. The van der Waals surface area contributed by atoms with Gasteiger partial charge in [-0.15, -0.1) is 0 Å². The fourth-order valence-corrected chi connectivity index (χ4v) is 4.36. The molecule has 1 atom stereocenters. The Morgan fingerprint density at radius 1 is 1.29 bits per heavy atom. The number of benzene rings is 1. The van der Waals surface area contributed by atoms with E-state index in [9.17, 15) is 8.42 Å². The van der Waals surface area contributed by atoms with Crippen LogP contribution in [0.4, 0.5) is 0 Å². The van der Waals surface area contributed by atoms with E-state index in [4.69, 9.17) is 10.8 Å². The molecule has 6 heteroatoms. The molecule has 0 bridgehead atoms. The minimum Gasteiger partial charge on any atom is -0.396 e. The molecule has 0 saturated carbocycles. The van der Waals surface area contributed by atoms with Gasteiger partial charge in [-0.2, -0.15) is 4.31 Å². The molecule has 1 saturated heterocycles. The molecule has 2 rings (SSSR count). The van der Waals surface area contributed by atoms with Gasteiger partial charge >= 0.3 is 0 Å². The molecule has 1 fully saturated rings. The Labute approximate surface area is 126 Å². The topological polar surface area (TPSA) is 83.6 Å². The molecule has 1 heterocycles. The van der Waals surface area contributed by atoms with Crippen molar-refractivity contribution >= 4 is 10.0 Å². The molecular weight excluding hydrogens is 288 g/mol. The summed E-state index contributed by atoms with van der Waals surface area (Å²) in [6, 6.07) is 6.98. The minimum atomic E-state index is -3.42. The Morgan fingerprint density at radius 2 is 2.00 bits per heavy atom.